The van der Waals surface area contributed by atoms with E-state index in [1.807, 2.05) is 32.0 Å². The molecule has 0 heterocycles. The van der Waals surface area contributed by atoms with Crippen LogP contribution in [0, 0.1) is 0 Å². The van der Waals surface area contributed by atoms with Gasteiger partial charge in [0.15, 0.2) is 0 Å². The molecule has 0 unspecified atom stereocenters. The van der Waals surface area contributed by atoms with Crippen molar-refractivity contribution in [3.8, 4) is 5.75 Å². The van der Waals surface area contributed by atoms with Gasteiger partial charge in [-0.3, -0.25) is 9.59 Å². The van der Waals surface area contributed by atoms with Crippen molar-refractivity contribution in [3.63, 3.8) is 0 Å². The number of hydrogen-bond acceptors (Lipinski definition) is 4. The van der Waals surface area contributed by atoms with Crippen LogP contribution in [0.1, 0.15) is 20.3 Å². The van der Waals surface area contributed by atoms with E-state index in [1.54, 1.807) is 23.0 Å². The van der Waals surface area contributed by atoms with Crippen LogP contribution in [0.3, 0.4) is 0 Å². The first-order valence-electron chi connectivity index (χ1n) is 7.40. The molecule has 6 nitrogen and oxygen atoms in total. The summed E-state index contributed by atoms with van der Waals surface area (Å²) in [6, 6.07) is 7.28. The molecule has 0 saturated heterocycles. The quantitative estimate of drug-likeness (QED) is 0.754. The number of benzene rings is 1. The van der Waals surface area contributed by atoms with E-state index >= 15 is 0 Å². The molecule has 0 aliphatic rings. The summed E-state index contributed by atoms with van der Waals surface area (Å²) in [5, 5.41) is 8.90. The molecule has 22 heavy (non-hydrogen) atoms. The van der Waals surface area contributed by atoms with Gasteiger partial charge in [-0.1, -0.05) is 6.07 Å². The molecule has 0 aliphatic carbocycles. The first-order valence-corrected chi connectivity index (χ1v) is 7.40. The Kier molecular flexibility index (Phi) is 7.22. The summed E-state index contributed by atoms with van der Waals surface area (Å²) in [4.78, 5) is 26.6. The lowest BCUT2D eigenvalue weighted by molar-refractivity contribution is -0.137. The van der Waals surface area contributed by atoms with Crippen LogP contribution in [-0.4, -0.2) is 55.2 Å². The third kappa shape index (κ3) is 5.27. The first kappa shape index (κ1) is 17.8. The van der Waals surface area contributed by atoms with Gasteiger partial charge in [0.2, 0.25) is 5.91 Å². The van der Waals surface area contributed by atoms with Crippen LogP contribution in [0.4, 0.5) is 5.69 Å². The third-order valence-corrected chi connectivity index (χ3v) is 3.46. The van der Waals surface area contributed by atoms with E-state index in [4.69, 9.17) is 9.84 Å². The van der Waals surface area contributed by atoms with Crippen LogP contribution in [0.15, 0.2) is 24.3 Å². The number of likely N-dealkylation sites (N-methyl/N-ethyl adjacent to an activating group) is 1. The Labute approximate surface area is 131 Å². The van der Waals surface area contributed by atoms with E-state index in [0.717, 1.165) is 5.69 Å². The Morgan fingerprint density at radius 2 is 1.91 bits per heavy atom. The van der Waals surface area contributed by atoms with Crippen LogP contribution in [0.2, 0.25) is 0 Å². The maximum atomic E-state index is 12.3. The predicted molar refractivity (Wildman–Crippen MR) is 85.4 cm³/mol. The molecule has 1 aromatic rings. The zero-order valence-electron chi connectivity index (χ0n) is 13.4. The molecule has 0 saturated carbocycles. The van der Waals surface area contributed by atoms with Crippen LogP contribution in [-0.2, 0) is 9.59 Å². The average Bonchev–Trinajstić information content (AvgIpc) is 2.52. The molecule has 0 aromatic heterocycles. The summed E-state index contributed by atoms with van der Waals surface area (Å²) in [5.74, 6) is -0.227. The van der Waals surface area contributed by atoms with E-state index in [0.29, 0.717) is 18.8 Å². The van der Waals surface area contributed by atoms with E-state index in [9.17, 15) is 9.59 Å². The van der Waals surface area contributed by atoms with Crippen molar-refractivity contribution in [3.05, 3.63) is 24.3 Å². The molecule has 0 bridgehead atoms. The summed E-state index contributed by atoms with van der Waals surface area (Å²) in [6.07, 6.45) is -0.0251. The second-order valence-electron chi connectivity index (χ2n) is 4.83. The number of aliphatic carboxylic acids is 1. The van der Waals surface area contributed by atoms with Crippen LogP contribution in [0.5, 0.6) is 5.75 Å². The molecule has 1 rings (SSSR count). The highest BCUT2D eigenvalue weighted by molar-refractivity contribution is 5.82. The fourth-order valence-electron chi connectivity index (χ4n) is 2.18. The van der Waals surface area contributed by atoms with Gasteiger partial charge in [0, 0.05) is 31.4 Å². The molecule has 122 valence electrons. The number of carboxylic acids is 1. The Morgan fingerprint density at radius 3 is 2.45 bits per heavy atom. The van der Waals surface area contributed by atoms with Crippen molar-refractivity contribution in [2.45, 2.75) is 20.3 Å². The second kappa shape index (κ2) is 8.92. The van der Waals surface area contributed by atoms with Gasteiger partial charge in [-0.05, 0) is 26.0 Å². The fraction of sp³-hybridized carbons (Fsp3) is 0.500. The van der Waals surface area contributed by atoms with Crippen molar-refractivity contribution in [1.82, 2.24) is 4.90 Å². The Balaban J connectivity index is 2.91. The summed E-state index contributed by atoms with van der Waals surface area (Å²) in [6.45, 7) is 5.56. The van der Waals surface area contributed by atoms with Gasteiger partial charge in [-0.25, -0.2) is 0 Å². The predicted octanol–water partition coefficient (Wildman–Crippen LogP) is 1.84. The number of carbonyl (C=O) groups is 2. The largest absolute Gasteiger partial charge is 0.497 e. The molecule has 0 fully saturated rings. The highest BCUT2D eigenvalue weighted by Gasteiger charge is 2.17. The maximum Gasteiger partial charge on any atom is 0.305 e. The van der Waals surface area contributed by atoms with E-state index in [2.05, 4.69) is 0 Å². The van der Waals surface area contributed by atoms with E-state index in [1.165, 1.54) is 0 Å². The number of nitrogens with zero attached hydrogens (tertiary/aromatic N) is 2. The summed E-state index contributed by atoms with van der Waals surface area (Å²) in [5.41, 5.74) is 0.779. The summed E-state index contributed by atoms with van der Waals surface area (Å²) < 4.78 is 5.19. The zero-order chi connectivity index (χ0) is 16.5. The monoisotopic (exact) mass is 308 g/mol. The highest BCUT2D eigenvalue weighted by Crippen LogP contribution is 2.21. The Morgan fingerprint density at radius 1 is 1.23 bits per heavy atom. The number of carboxylic acid groups (broad SMARTS) is 1. The molecular formula is C16H24N2O4. The standard InChI is InChI=1S/C16H24N2O4/c1-4-17(5-2)15(19)12-18(10-9-16(20)21)13-7-6-8-14(11-13)22-3/h6-8,11H,4-5,9-10,12H2,1-3H3,(H,20,21). The van der Waals surface area contributed by atoms with Crippen LogP contribution in [0.25, 0.3) is 0 Å². The molecule has 1 N–H and O–H groups in total. The molecule has 1 amide bonds. The van der Waals surface area contributed by atoms with Crippen molar-refractivity contribution in [2.75, 3.05) is 38.2 Å². The molecule has 0 atom stereocenters. The van der Waals surface area contributed by atoms with Crippen molar-refractivity contribution in [2.24, 2.45) is 0 Å². The number of amides is 1. The van der Waals surface area contributed by atoms with E-state index in [-0.39, 0.29) is 25.4 Å². The average molecular weight is 308 g/mol. The Hall–Kier alpha value is -2.24. The lowest BCUT2D eigenvalue weighted by atomic mass is 10.2. The minimum atomic E-state index is -0.886. The van der Waals surface area contributed by atoms with Crippen molar-refractivity contribution in [1.29, 1.82) is 0 Å². The van der Waals surface area contributed by atoms with Gasteiger partial charge in [0.05, 0.1) is 20.1 Å². The number of anilines is 1. The molecular weight excluding hydrogens is 284 g/mol. The fourth-order valence-corrected chi connectivity index (χ4v) is 2.18. The first-order chi connectivity index (χ1) is 10.5. The minimum Gasteiger partial charge on any atom is -0.497 e. The topological polar surface area (TPSA) is 70.1 Å². The van der Waals surface area contributed by atoms with Gasteiger partial charge in [0.25, 0.3) is 0 Å². The molecule has 0 aliphatic heterocycles. The summed E-state index contributed by atoms with van der Waals surface area (Å²) in [7, 11) is 1.57. The van der Waals surface area contributed by atoms with Crippen LogP contribution < -0.4 is 9.64 Å². The second-order valence-corrected chi connectivity index (χ2v) is 4.83. The SMILES string of the molecule is CCN(CC)C(=O)CN(CCC(=O)O)c1cccc(OC)c1. The molecule has 0 spiro atoms. The number of rotatable bonds is 9. The van der Waals surface area contributed by atoms with Gasteiger partial charge in [-0.15, -0.1) is 0 Å². The molecule has 1 aromatic carbocycles. The zero-order valence-corrected chi connectivity index (χ0v) is 13.4. The maximum absolute atomic E-state index is 12.3. The van der Waals surface area contributed by atoms with Crippen LogP contribution >= 0.6 is 0 Å². The van der Waals surface area contributed by atoms with Crippen molar-refractivity contribution < 1.29 is 19.4 Å². The summed E-state index contributed by atoms with van der Waals surface area (Å²) >= 11 is 0. The van der Waals surface area contributed by atoms with Crippen molar-refractivity contribution >= 4 is 17.6 Å². The van der Waals surface area contributed by atoms with Gasteiger partial charge in [-0.2, -0.15) is 0 Å². The highest BCUT2D eigenvalue weighted by atomic mass is 16.5. The molecule has 6 heteroatoms. The minimum absolute atomic E-state index is 0.0155. The van der Waals surface area contributed by atoms with Gasteiger partial charge in [0.1, 0.15) is 5.75 Å². The third-order valence-electron chi connectivity index (χ3n) is 3.46. The number of methoxy groups -OCH3 is 1. The number of hydrogen-bond donors (Lipinski definition) is 1. The normalized spacial score (nSPS) is 10.1. The Bertz CT molecular complexity index is 501. The lowest BCUT2D eigenvalue weighted by Gasteiger charge is -2.27. The van der Waals surface area contributed by atoms with E-state index < -0.39 is 5.97 Å². The lowest BCUT2D eigenvalue weighted by Crippen LogP contribution is -2.41. The number of carbonyl (C=O) groups excluding carboxylic acids is 1. The van der Waals surface area contributed by atoms with Gasteiger partial charge < -0.3 is 19.6 Å². The van der Waals surface area contributed by atoms with Gasteiger partial charge >= 0.3 is 5.97 Å². The molecule has 0 radical (unpaired) electrons. The number of ether oxygens (including phenoxy) is 1. The smallest absolute Gasteiger partial charge is 0.305 e.